The van der Waals surface area contributed by atoms with Crippen LogP contribution >= 0.6 is 23.4 Å². The summed E-state index contributed by atoms with van der Waals surface area (Å²) in [4.78, 5) is 4.16. The van der Waals surface area contributed by atoms with Crippen molar-refractivity contribution in [2.24, 2.45) is 15.2 Å². The van der Waals surface area contributed by atoms with E-state index < -0.39 is 0 Å². The van der Waals surface area contributed by atoms with Crippen molar-refractivity contribution in [3.63, 3.8) is 0 Å². The topological polar surface area (TPSA) is 37.1 Å². The van der Waals surface area contributed by atoms with E-state index in [1.54, 1.807) is 17.8 Å². The molecule has 0 unspecified atom stereocenters. The minimum atomic E-state index is 0.669. The lowest BCUT2D eigenvalue weighted by Gasteiger charge is -1.92. The molecule has 0 atom stereocenters. The molecule has 0 N–H and O–H groups in total. The number of thioether (sulfide) groups is 1. The molecule has 1 aliphatic rings. The third kappa shape index (κ3) is 2.56. The van der Waals surface area contributed by atoms with Gasteiger partial charge in [-0.3, -0.25) is 4.99 Å². The molecule has 2 rings (SSSR count). The highest BCUT2D eigenvalue weighted by atomic mass is 35.5. The Morgan fingerprint density at radius 1 is 1.36 bits per heavy atom. The van der Waals surface area contributed by atoms with Crippen molar-refractivity contribution in [3.8, 4) is 0 Å². The summed E-state index contributed by atoms with van der Waals surface area (Å²) in [6.45, 7) is 0.842. The van der Waals surface area contributed by atoms with E-state index in [9.17, 15) is 0 Å². The molecule has 1 aromatic rings. The fourth-order valence-electron chi connectivity index (χ4n) is 1.02. The lowest BCUT2D eigenvalue weighted by atomic mass is 10.3. The maximum absolute atomic E-state index is 5.80. The van der Waals surface area contributed by atoms with Crippen LogP contribution in [0.4, 0.5) is 5.69 Å². The zero-order valence-corrected chi connectivity index (χ0v) is 8.92. The highest BCUT2D eigenvalue weighted by Crippen LogP contribution is 2.20. The van der Waals surface area contributed by atoms with Crippen LogP contribution in [0.25, 0.3) is 0 Å². The van der Waals surface area contributed by atoms with Crippen LogP contribution in [0.1, 0.15) is 0 Å². The molecule has 1 heterocycles. The molecule has 0 aromatic heterocycles. The van der Waals surface area contributed by atoms with Gasteiger partial charge in [0.2, 0.25) is 5.17 Å². The molecule has 0 fully saturated rings. The smallest absolute Gasteiger partial charge is 0.204 e. The van der Waals surface area contributed by atoms with Gasteiger partial charge in [-0.25, -0.2) is 0 Å². The lowest BCUT2D eigenvalue weighted by molar-refractivity contribution is 1.16. The predicted octanol–water partition coefficient (Wildman–Crippen LogP) is 3.53. The summed E-state index contributed by atoms with van der Waals surface area (Å²) in [6, 6.07) is 7.28. The minimum absolute atomic E-state index is 0.669. The maximum atomic E-state index is 5.80. The zero-order valence-electron chi connectivity index (χ0n) is 7.35. The Morgan fingerprint density at radius 3 is 3.00 bits per heavy atom. The monoisotopic (exact) mass is 225 g/mol. The van der Waals surface area contributed by atoms with Gasteiger partial charge in [-0.15, -0.1) is 10.2 Å². The lowest BCUT2D eigenvalue weighted by Crippen LogP contribution is -1.76. The van der Waals surface area contributed by atoms with E-state index in [-0.39, 0.29) is 0 Å². The van der Waals surface area contributed by atoms with Crippen molar-refractivity contribution in [2.45, 2.75) is 0 Å². The summed E-state index contributed by atoms with van der Waals surface area (Å²) >= 11 is 7.43. The number of halogens is 1. The van der Waals surface area contributed by atoms with Gasteiger partial charge in [0.1, 0.15) is 0 Å². The molecular formula is C9H8ClN3S. The Morgan fingerprint density at radius 2 is 2.29 bits per heavy atom. The number of aliphatic imine (C=N–C) groups is 1. The van der Waals surface area contributed by atoms with E-state index in [1.807, 2.05) is 18.2 Å². The first-order valence-electron chi connectivity index (χ1n) is 4.19. The molecule has 3 nitrogen and oxygen atoms in total. The van der Waals surface area contributed by atoms with Crippen LogP contribution in [0.5, 0.6) is 0 Å². The van der Waals surface area contributed by atoms with E-state index >= 15 is 0 Å². The van der Waals surface area contributed by atoms with E-state index in [0.29, 0.717) is 5.02 Å². The second-order valence-electron chi connectivity index (χ2n) is 2.69. The first kappa shape index (κ1) is 9.68. The van der Waals surface area contributed by atoms with Crippen LogP contribution in [0.3, 0.4) is 0 Å². The summed E-state index contributed by atoms with van der Waals surface area (Å²) in [5, 5.41) is 9.48. The van der Waals surface area contributed by atoms with Crippen LogP contribution in [-0.2, 0) is 0 Å². The quantitative estimate of drug-likeness (QED) is 0.674. The molecule has 0 bridgehead atoms. The zero-order chi connectivity index (χ0) is 9.80. The Balaban J connectivity index is 2.09. The van der Waals surface area contributed by atoms with E-state index in [1.165, 1.54) is 0 Å². The van der Waals surface area contributed by atoms with Crippen molar-refractivity contribution < 1.29 is 0 Å². The molecule has 1 aromatic carbocycles. The van der Waals surface area contributed by atoms with E-state index in [4.69, 9.17) is 11.6 Å². The molecule has 0 aliphatic carbocycles. The Hall–Kier alpha value is -0.870. The SMILES string of the molecule is Clc1cccc(/N=N/C2=NCCS2)c1. The summed E-state index contributed by atoms with van der Waals surface area (Å²) in [5.74, 6) is 1.00. The Labute approximate surface area is 91.3 Å². The average molecular weight is 226 g/mol. The van der Waals surface area contributed by atoms with Crippen LogP contribution in [0.2, 0.25) is 5.02 Å². The van der Waals surface area contributed by atoms with Gasteiger partial charge in [0, 0.05) is 10.8 Å². The van der Waals surface area contributed by atoms with Gasteiger partial charge >= 0.3 is 0 Å². The first-order chi connectivity index (χ1) is 6.84. The van der Waals surface area contributed by atoms with Gasteiger partial charge in [0.05, 0.1) is 12.2 Å². The maximum Gasteiger partial charge on any atom is 0.204 e. The van der Waals surface area contributed by atoms with Crippen molar-refractivity contribution in [1.82, 2.24) is 0 Å². The highest BCUT2D eigenvalue weighted by Gasteiger charge is 2.04. The number of amidine groups is 1. The van der Waals surface area contributed by atoms with Gasteiger partial charge in [0.15, 0.2) is 0 Å². The number of hydrogen-bond acceptors (Lipinski definition) is 4. The summed E-state index contributed by atoms with van der Waals surface area (Å²) < 4.78 is 0. The van der Waals surface area contributed by atoms with Crippen LogP contribution in [-0.4, -0.2) is 17.5 Å². The van der Waals surface area contributed by atoms with Crippen LogP contribution in [0.15, 0.2) is 39.5 Å². The third-order valence-electron chi connectivity index (χ3n) is 1.63. The van der Waals surface area contributed by atoms with Gasteiger partial charge < -0.3 is 0 Å². The first-order valence-corrected chi connectivity index (χ1v) is 5.55. The van der Waals surface area contributed by atoms with E-state index in [2.05, 4.69) is 15.2 Å². The number of benzene rings is 1. The van der Waals surface area contributed by atoms with Gasteiger partial charge in [-0.2, -0.15) is 0 Å². The van der Waals surface area contributed by atoms with Crippen LogP contribution < -0.4 is 0 Å². The van der Waals surface area contributed by atoms with E-state index in [0.717, 1.165) is 23.2 Å². The minimum Gasteiger partial charge on any atom is -0.258 e. The second-order valence-corrected chi connectivity index (χ2v) is 4.19. The molecule has 0 saturated heterocycles. The molecule has 0 amide bonds. The number of rotatable bonds is 1. The third-order valence-corrected chi connectivity index (χ3v) is 2.72. The molecule has 0 radical (unpaired) electrons. The standard InChI is InChI=1S/C9H8ClN3S/c10-7-2-1-3-8(6-7)12-13-9-11-4-5-14-9/h1-3,6H,4-5H2/b13-12+. The predicted molar refractivity (Wildman–Crippen MR) is 60.7 cm³/mol. The fraction of sp³-hybridized carbons (Fsp3) is 0.222. The molecule has 1 aliphatic heterocycles. The van der Waals surface area contributed by atoms with Gasteiger partial charge in [0.25, 0.3) is 0 Å². The number of azo groups is 1. The molecular weight excluding hydrogens is 218 g/mol. The van der Waals surface area contributed by atoms with Gasteiger partial charge in [-0.05, 0) is 18.2 Å². The van der Waals surface area contributed by atoms with Gasteiger partial charge in [-0.1, -0.05) is 29.4 Å². The van der Waals surface area contributed by atoms with Crippen molar-refractivity contribution in [1.29, 1.82) is 0 Å². The largest absolute Gasteiger partial charge is 0.258 e. The molecule has 5 heteroatoms. The summed E-state index contributed by atoms with van der Waals surface area (Å²) in [7, 11) is 0. The summed E-state index contributed by atoms with van der Waals surface area (Å²) in [5.41, 5.74) is 0.757. The molecule has 0 spiro atoms. The molecule has 0 saturated carbocycles. The Bertz CT molecular complexity index is 389. The average Bonchev–Trinajstić information content (AvgIpc) is 2.67. The normalized spacial score (nSPS) is 16.2. The molecule has 14 heavy (non-hydrogen) atoms. The van der Waals surface area contributed by atoms with Crippen molar-refractivity contribution in [2.75, 3.05) is 12.3 Å². The van der Waals surface area contributed by atoms with Crippen molar-refractivity contribution in [3.05, 3.63) is 29.3 Å². The number of hydrogen-bond donors (Lipinski definition) is 0. The highest BCUT2D eigenvalue weighted by molar-refractivity contribution is 8.14. The second kappa shape index (κ2) is 4.57. The van der Waals surface area contributed by atoms with Crippen LogP contribution in [0, 0.1) is 0 Å². The molecule has 72 valence electrons. The fourth-order valence-corrected chi connectivity index (χ4v) is 1.85. The Kier molecular flexibility index (Phi) is 3.16. The van der Waals surface area contributed by atoms with Crippen molar-refractivity contribution >= 4 is 34.2 Å². The number of nitrogens with zero attached hydrogens (tertiary/aromatic N) is 3. The summed E-state index contributed by atoms with van der Waals surface area (Å²) in [6.07, 6.45) is 0.